The molecule has 0 amide bonds. The van der Waals surface area contributed by atoms with E-state index in [1.165, 1.54) is 18.9 Å². The summed E-state index contributed by atoms with van der Waals surface area (Å²) in [6.45, 7) is 0. The molecule has 7 nitrogen and oxygen atoms in total. The fourth-order valence-electron chi connectivity index (χ4n) is 2.84. The predicted octanol–water partition coefficient (Wildman–Crippen LogP) is 3.28. The number of carbonyl (C=O) groups is 1. The summed E-state index contributed by atoms with van der Waals surface area (Å²) in [7, 11) is 1.53. The Morgan fingerprint density at radius 3 is 2.74 bits per heavy atom. The molecule has 1 aromatic heterocycles. The molecule has 2 heterocycles. The van der Waals surface area contributed by atoms with Crippen LogP contribution in [0.15, 0.2) is 53.7 Å². The Bertz CT molecular complexity index is 1010. The summed E-state index contributed by atoms with van der Waals surface area (Å²) < 4.78 is 11.3. The number of fused-ring (bicyclic) bond motifs is 3. The number of nitrogens with zero attached hydrogens (tertiary/aromatic N) is 3. The molecule has 3 aromatic rings. The van der Waals surface area contributed by atoms with Crippen molar-refractivity contribution in [3.8, 4) is 22.9 Å². The van der Waals surface area contributed by atoms with Crippen LogP contribution in [-0.2, 0) is 0 Å². The minimum Gasteiger partial charge on any atom is -0.496 e. The lowest BCUT2D eigenvalue weighted by Gasteiger charge is -2.18. The molecule has 1 aliphatic rings. The van der Waals surface area contributed by atoms with Crippen molar-refractivity contribution in [3.05, 3.63) is 54.1 Å². The standard InChI is InChI=1S/C19H16N4O3S/c1-25-14-10-6-4-8-12(14)16(24)18-20-13-9-5-3-7-11(13)15-17(26-18)21-19(27-2)23-22-15/h3-10,18,20H,1-2H3/t18-/m0/s1. The number of carbonyl (C=O) groups excluding carboxylic acids is 1. The monoisotopic (exact) mass is 380 g/mol. The smallest absolute Gasteiger partial charge is 0.247 e. The second kappa shape index (κ2) is 7.24. The average Bonchev–Trinajstić information content (AvgIpc) is 2.89. The quantitative estimate of drug-likeness (QED) is 0.545. The molecule has 0 saturated heterocycles. The summed E-state index contributed by atoms with van der Waals surface area (Å²) in [4.78, 5) is 17.6. The summed E-state index contributed by atoms with van der Waals surface area (Å²) in [5, 5.41) is 12.0. The zero-order chi connectivity index (χ0) is 18.8. The molecule has 4 rings (SSSR count). The number of methoxy groups -OCH3 is 1. The highest BCUT2D eigenvalue weighted by Gasteiger charge is 2.31. The lowest BCUT2D eigenvalue weighted by atomic mass is 10.1. The van der Waals surface area contributed by atoms with Crippen LogP contribution in [-0.4, -0.2) is 40.6 Å². The Hall–Kier alpha value is -3.13. The SMILES string of the molecule is COc1ccccc1C(=O)[C@H]1Nc2ccccc2-c2nnc(SC)nc2O1. The number of aromatic nitrogens is 3. The second-order valence-corrected chi connectivity index (χ2v) is 6.48. The molecule has 1 atom stereocenters. The van der Waals surface area contributed by atoms with E-state index in [1.807, 2.05) is 36.6 Å². The van der Waals surface area contributed by atoms with Gasteiger partial charge in [-0.2, -0.15) is 4.98 Å². The number of anilines is 1. The van der Waals surface area contributed by atoms with Crippen molar-refractivity contribution in [1.29, 1.82) is 0 Å². The Morgan fingerprint density at radius 2 is 1.93 bits per heavy atom. The molecule has 1 aliphatic heterocycles. The Kier molecular flexibility index (Phi) is 4.64. The number of ketones is 1. The van der Waals surface area contributed by atoms with Crippen LogP contribution in [0.1, 0.15) is 10.4 Å². The molecule has 0 saturated carbocycles. The van der Waals surface area contributed by atoms with Crippen molar-refractivity contribution in [2.75, 3.05) is 18.7 Å². The number of para-hydroxylation sites is 2. The summed E-state index contributed by atoms with van der Waals surface area (Å²) in [5.74, 6) is 0.482. The molecule has 136 valence electrons. The van der Waals surface area contributed by atoms with E-state index < -0.39 is 6.23 Å². The average molecular weight is 380 g/mol. The maximum Gasteiger partial charge on any atom is 0.247 e. The van der Waals surface area contributed by atoms with Gasteiger partial charge in [-0.25, -0.2) is 0 Å². The first-order valence-corrected chi connectivity index (χ1v) is 9.42. The highest BCUT2D eigenvalue weighted by atomic mass is 32.2. The van der Waals surface area contributed by atoms with Gasteiger partial charge in [0.25, 0.3) is 0 Å². The third kappa shape index (κ3) is 3.19. The summed E-state index contributed by atoms with van der Waals surface area (Å²) in [5.41, 5.74) is 2.41. The van der Waals surface area contributed by atoms with E-state index in [9.17, 15) is 4.79 Å². The van der Waals surface area contributed by atoms with Crippen molar-refractivity contribution >= 4 is 23.2 Å². The Morgan fingerprint density at radius 1 is 1.15 bits per heavy atom. The number of nitrogens with one attached hydrogen (secondary N) is 1. The van der Waals surface area contributed by atoms with E-state index in [0.717, 1.165) is 11.3 Å². The minimum absolute atomic E-state index is 0.264. The first-order chi connectivity index (χ1) is 13.2. The predicted molar refractivity (Wildman–Crippen MR) is 102 cm³/mol. The van der Waals surface area contributed by atoms with Crippen LogP contribution in [0.25, 0.3) is 11.3 Å². The lowest BCUT2D eigenvalue weighted by molar-refractivity contribution is 0.0820. The van der Waals surface area contributed by atoms with Crippen LogP contribution >= 0.6 is 11.8 Å². The van der Waals surface area contributed by atoms with Crippen molar-refractivity contribution in [1.82, 2.24) is 15.2 Å². The molecular weight excluding hydrogens is 364 g/mol. The van der Waals surface area contributed by atoms with Gasteiger partial charge in [0, 0.05) is 11.3 Å². The molecule has 0 unspecified atom stereocenters. The minimum atomic E-state index is -0.977. The van der Waals surface area contributed by atoms with Gasteiger partial charge in [0.15, 0.2) is 5.69 Å². The van der Waals surface area contributed by atoms with Crippen LogP contribution in [0.3, 0.4) is 0 Å². The summed E-state index contributed by atoms with van der Waals surface area (Å²) in [6, 6.07) is 14.5. The highest BCUT2D eigenvalue weighted by Crippen LogP contribution is 2.36. The van der Waals surface area contributed by atoms with E-state index in [2.05, 4.69) is 20.5 Å². The maximum absolute atomic E-state index is 13.2. The van der Waals surface area contributed by atoms with E-state index >= 15 is 0 Å². The number of thioether (sulfide) groups is 1. The first-order valence-electron chi connectivity index (χ1n) is 8.20. The molecule has 0 spiro atoms. The van der Waals surface area contributed by atoms with Crippen molar-refractivity contribution in [3.63, 3.8) is 0 Å². The second-order valence-electron chi connectivity index (χ2n) is 5.70. The van der Waals surface area contributed by atoms with Crippen LogP contribution in [0.4, 0.5) is 5.69 Å². The molecule has 0 aliphatic carbocycles. The van der Waals surface area contributed by atoms with Crippen LogP contribution in [0.5, 0.6) is 11.6 Å². The Balaban J connectivity index is 1.81. The van der Waals surface area contributed by atoms with Gasteiger partial charge in [0.05, 0.1) is 12.7 Å². The Labute approximate surface area is 160 Å². The van der Waals surface area contributed by atoms with Crippen LogP contribution < -0.4 is 14.8 Å². The fourth-order valence-corrected chi connectivity index (χ4v) is 3.14. The molecular formula is C19H16N4O3S. The summed E-state index contributed by atoms with van der Waals surface area (Å²) in [6.07, 6.45) is 0.874. The molecule has 2 aromatic carbocycles. The maximum atomic E-state index is 13.2. The van der Waals surface area contributed by atoms with E-state index in [-0.39, 0.29) is 11.7 Å². The van der Waals surface area contributed by atoms with Gasteiger partial charge in [0.1, 0.15) is 5.75 Å². The molecule has 27 heavy (non-hydrogen) atoms. The normalized spacial score (nSPS) is 14.8. The molecule has 0 bridgehead atoms. The van der Waals surface area contributed by atoms with Crippen molar-refractivity contribution < 1.29 is 14.3 Å². The molecule has 0 radical (unpaired) electrons. The van der Waals surface area contributed by atoms with Gasteiger partial charge >= 0.3 is 0 Å². The third-order valence-corrected chi connectivity index (χ3v) is 4.66. The topological polar surface area (TPSA) is 86.2 Å². The molecule has 0 fully saturated rings. The van der Waals surface area contributed by atoms with Gasteiger partial charge in [-0.15, -0.1) is 10.2 Å². The van der Waals surface area contributed by atoms with Gasteiger partial charge in [0.2, 0.25) is 23.0 Å². The largest absolute Gasteiger partial charge is 0.496 e. The van der Waals surface area contributed by atoms with Crippen LogP contribution in [0.2, 0.25) is 0 Å². The van der Waals surface area contributed by atoms with Gasteiger partial charge in [-0.1, -0.05) is 42.1 Å². The van der Waals surface area contributed by atoms with Gasteiger partial charge < -0.3 is 14.8 Å². The lowest BCUT2D eigenvalue weighted by Crippen LogP contribution is -2.35. The number of ether oxygens (including phenoxy) is 2. The zero-order valence-electron chi connectivity index (χ0n) is 14.7. The number of benzene rings is 2. The van der Waals surface area contributed by atoms with Crippen molar-refractivity contribution in [2.45, 2.75) is 11.4 Å². The fraction of sp³-hybridized carbons (Fsp3) is 0.158. The van der Waals surface area contributed by atoms with Gasteiger partial charge in [-0.3, -0.25) is 4.79 Å². The highest BCUT2D eigenvalue weighted by molar-refractivity contribution is 7.98. The third-order valence-electron chi connectivity index (χ3n) is 4.13. The number of hydrogen-bond donors (Lipinski definition) is 1. The number of rotatable bonds is 4. The number of Topliss-reactive ketones (excluding diaryl/α,β-unsaturated/α-hetero) is 1. The van der Waals surface area contributed by atoms with E-state index in [4.69, 9.17) is 9.47 Å². The van der Waals surface area contributed by atoms with Crippen LogP contribution in [0, 0.1) is 0 Å². The van der Waals surface area contributed by atoms with Gasteiger partial charge in [-0.05, 0) is 24.5 Å². The molecule has 1 N–H and O–H groups in total. The van der Waals surface area contributed by atoms with E-state index in [0.29, 0.717) is 22.2 Å². The van der Waals surface area contributed by atoms with Crippen molar-refractivity contribution in [2.24, 2.45) is 0 Å². The number of hydrogen-bond acceptors (Lipinski definition) is 8. The van der Waals surface area contributed by atoms with E-state index in [1.54, 1.807) is 18.2 Å². The summed E-state index contributed by atoms with van der Waals surface area (Å²) >= 11 is 1.35. The first kappa shape index (κ1) is 17.3. The zero-order valence-corrected chi connectivity index (χ0v) is 15.5. The molecule has 8 heteroatoms.